The highest BCUT2D eigenvalue weighted by Gasteiger charge is 2.12. The molecule has 1 atom stereocenters. The van der Waals surface area contributed by atoms with Crippen molar-refractivity contribution in [2.24, 2.45) is 5.73 Å². The second kappa shape index (κ2) is 5.29. The molecule has 0 spiro atoms. The molecule has 6 heteroatoms. The number of pyridine rings is 1. The topological polar surface area (TPSA) is 111 Å². The lowest BCUT2D eigenvalue weighted by molar-refractivity contribution is -0.118. The fourth-order valence-corrected chi connectivity index (χ4v) is 1.49. The number of nitrogens with zero attached hydrogens (tertiary/aromatic N) is 1. The van der Waals surface area contributed by atoms with Crippen molar-refractivity contribution < 1.29 is 9.59 Å². The molecule has 0 aromatic carbocycles. The maximum Gasteiger partial charge on any atom is 0.251 e. The molecule has 1 aromatic rings. The van der Waals surface area contributed by atoms with Crippen LogP contribution in [0.5, 0.6) is 0 Å². The molecular weight excluding hydrogens is 220 g/mol. The number of nitrogen functional groups attached to an aromatic ring is 1. The highest BCUT2D eigenvalue weighted by molar-refractivity contribution is 5.95. The average molecular weight is 236 g/mol. The number of carbonyl (C=O) groups is 2. The van der Waals surface area contributed by atoms with Crippen LogP contribution in [0.15, 0.2) is 12.1 Å². The van der Waals surface area contributed by atoms with Crippen molar-refractivity contribution in [1.82, 2.24) is 10.3 Å². The summed E-state index contributed by atoms with van der Waals surface area (Å²) in [5.41, 5.74) is 11.7. The molecule has 0 aliphatic carbocycles. The molecule has 0 bridgehead atoms. The number of nitrogens with two attached hydrogens (primary N) is 2. The molecule has 0 fully saturated rings. The number of aryl methyl sites for hydroxylation is 1. The van der Waals surface area contributed by atoms with Gasteiger partial charge in [-0.3, -0.25) is 9.59 Å². The van der Waals surface area contributed by atoms with Gasteiger partial charge in [-0.2, -0.15) is 0 Å². The maximum atomic E-state index is 11.8. The van der Waals surface area contributed by atoms with E-state index in [0.717, 1.165) is 0 Å². The number of rotatable bonds is 4. The van der Waals surface area contributed by atoms with Crippen molar-refractivity contribution in [3.8, 4) is 0 Å². The van der Waals surface area contributed by atoms with Crippen LogP contribution in [0, 0.1) is 6.92 Å². The van der Waals surface area contributed by atoms with Gasteiger partial charge >= 0.3 is 0 Å². The number of primary amides is 1. The third-order valence-corrected chi connectivity index (χ3v) is 2.12. The molecule has 1 heterocycles. The van der Waals surface area contributed by atoms with Gasteiger partial charge in [0.15, 0.2) is 0 Å². The molecule has 6 nitrogen and oxygen atoms in total. The van der Waals surface area contributed by atoms with Crippen LogP contribution >= 0.6 is 0 Å². The summed E-state index contributed by atoms with van der Waals surface area (Å²) in [6, 6.07) is 2.80. The van der Waals surface area contributed by atoms with Gasteiger partial charge in [-0.05, 0) is 26.0 Å². The Labute approximate surface area is 99.4 Å². The number of carbonyl (C=O) groups excluding carboxylic acids is 2. The molecular formula is C11H16N4O2. The van der Waals surface area contributed by atoms with E-state index in [9.17, 15) is 9.59 Å². The molecule has 2 amide bonds. The van der Waals surface area contributed by atoms with Crippen LogP contribution in [0.4, 0.5) is 5.82 Å². The Kier molecular flexibility index (Phi) is 4.03. The number of hydrogen-bond acceptors (Lipinski definition) is 4. The van der Waals surface area contributed by atoms with Crippen molar-refractivity contribution in [3.63, 3.8) is 0 Å². The number of nitrogens with one attached hydrogen (secondary N) is 1. The Morgan fingerprint density at radius 3 is 2.65 bits per heavy atom. The van der Waals surface area contributed by atoms with E-state index in [2.05, 4.69) is 10.3 Å². The van der Waals surface area contributed by atoms with E-state index < -0.39 is 5.91 Å². The summed E-state index contributed by atoms with van der Waals surface area (Å²) in [5, 5.41) is 2.66. The van der Waals surface area contributed by atoms with Crippen LogP contribution in [-0.4, -0.2) is 22.8 Å². The Bertz CT molecular complexity index is 425. The molecule has 92 valence electrons. The highest BCUT2D eigenvalue weighted by atomic mass is 16.2. The largest absolute Gasteiger partial charge is 0.384 e. The van der Waals surface area contributed by atoms with Gasteiger partial charge in [0.05, 0.1) is 0 Å². The van der Waals surface area contributed by atoms with E-state index >= 15 is 0 Å². The second-order valence-electron chi connectivity index (χ2n) is 3.97. The molecule has 5 N–H and O–H groups in total. The van der Waals surface area contributed by atoms with Crippen molar-refractivity contribution in [1.29, 1.82) is 0 Å². The van der Waals surface area contributed by atoms with Crippen LogP contribution in [0.1, 0.15) is 29.4 Å². The first-order valence-corrected chi connectivity index (χ1v) is 5.22. The van der Waals surface area contributed by atoms with Crippen LogP contribution in [0.25, 0.3) is 0 Å². The van der Waals surface area contributed by atoms with E-state index in [4.69, 9.17) is 11.5 Å². The number of anilines is 1. The molecule has 17 heavy (non-hydrogen) atoms. The minimum absolute atomic E-state index is 0.102. The van der Waals surface area contributed by atoms with Gasteiger partial charge in [-0.15, -0.1) is 0 Å². The normalized spacial score (nSPS) is 11.9. The Morgan fingerprint density at radius 2 is 2.12 bits per heavy atom. The predicted octanol–water partition coefficient (Wildman–Crippen LogP) is -0.0341. The SMILES string of the molecule is Cc1cc(C(=O)NC(C)CC(N)=O)cc(N)n1. The zero-order chi connectivity index (χ0) is 13.0. The van der Waals surface area contributed by atoms with Crippen molar-refractivity contribution >= 4 is 17.6 Å². The van der Waals surface area contributed by atoms with E-state index in [0.29, 0.717) is 11.3 Å². The molecule has 0 aliphatic rings. The first kappa shape index (κ1) is 13.0. The van der Waals surface area contributed by atoms with Crippen molar-refractivity contribution in [3.05, 3.63) is 23.4 Å². The van der Waals surface area contributed by atoms with Crippen LogP contribution in [0.2, 0.25) is 0 Å². The van der Waals surface area contributed by atoms with Crippen molar-refractivity contribution in [2.45, 2.75) is 26.3 Å². The molecule has 1 rings (SSSR count). The van der Waals surface area contributed by atoms with Crippen LogP contribution < -0.4 is 16.8 Å². The lowest BCUT2D eigenvalue weighted by Gasteiger charge is -2.12. The third kappa shape index (κ3) is 4.10. The smallest absolute Gasteiger partial charge is 0.251 e. The first-order chi connectivity index (χ1) is 7.88. The molecule has 0 radical (unpaired) electrons. The summed E-state index contributed by atoms with van der Waals surface area (Å²) in [6.07, 6.45) is 0.102. The summed E-state index contributed by atoms with van der Waals surface area (Å²) in [5.74, 6) is -0.461. The van der Waals surface area contributed by atoms with Gasteiger partial charge in [-0.25, -0.2) is 4.98 Å². The number of amides is 2. The molecule has 1 aromatic heterocycles. The van der Waals surface area contributed by atoms with Crippen molar-refractivity contribution in [2.75, 3.05) is 5.73 Å². The maximum absolute atomic E-state index is 11.8. The molecule has 0 saturated heterocycles. The Hall–Kier alpha value is -2.11. The van der Waals surface area contributed by atoms with E-state index in [1.807, 2.05) is 0 Å². The van der Waals surface area contributed by atoms with Crippen LogP contribution in [0.3, 0.4) is 0 Å². The van der Waals surface area contributed by atoms with Gasteiger partial charge in [-0.1, -0.05) is 0 Å². The minimum atomic E-state index is -0.455. The van der Waals surface area contributed by atoms with Crippen LogP contribution in [-0.2, 0) is 4.79 Å². The van der Waals surface area contributed by atoms with E-state index in [1.54, 1.807) is 19.9 Å². The highest BCUT2D eigenvalue weighted by Crippen LogP contribution is 2.07. The molecule has 0 saturated carbocycles. The zero-order valence-electron chi connectivity index (χ0n) is 9.86. The first-order valence-electron chi connectivity index (χ1n) is 5.22. The van der Waals surface area contributed by atoms with Gasteiger partial charge in [0.25, 0.3) is 5.91 Å². The zero-order valence-corrected chi connectivity index (χ0v) is 9.86. The average Bonchev–Trinajstić information content (AvgIpc) is 2.14. The Balaban J connectivity index is 2.72. The fraction of sp³-hybridized carbons (Fsp3) is 0.364. The quantitative estimate of drug-likeness (QED) is 0.681. The Morgan fingerprint density at radius 1 is 1.47 bits per heavy atom. The van der Waals surface area contributed by atoms with Gasteiger partial charge in [0, 0.05) is 23.7 Å². The molecule has 1 unspecified atom stereocenters. The van der Waals surface area contributed by atoms with Gasteiger partial charge in [0.2, 0.25) is 5.91 Å². The standard InChI is InChI=1S/C11H16N4O2/c1-6-3-8(5-9(12)14-6)11(17)15-7(2)4-10(13)16/h3,5,7H,4H2,1-2H3,(H2,12,14)(H2,13,16)(H,15,17). The summed E-state index contributed by atoms with van der Waals surface area (Å²) < 4.78 is 0. The van der Waals surface area contributed by atoms with Gasteiger partial charge < -0.3 is 16.8 Å². The molecule has 0 aliphatic heterocycles. The summed E-state index contributed by atoms with van der Waals surface area (Å²) in [6.45, 7) is 3.46. The van der Waals surface area contributed by atoms with Gasteiger partial charge in [0.1, 0.15) is 5.82 Å². The minimum Gasteiger partial charge on any atom is -0.384 e. The number of aromatic nitrogens is 1. The second-order valence-corrected chi connectivity index (χ2v) is 3.97. The fourth-order valence-electron chi connectivity index (χ4n) is 1.49. The van der Waals surface area contributed by atoms with E-state index in [-0.39, 0.29) is 24.2 Å². The predicted molar refractivity (Wildman–Crippen MR) is 64.1 cm³/mol. The third-order valence-electron chi connectivity index (χ3n) is 2.12. The number of hydrogen-bond donors (Lipinski definition) is 3. The monoisotopic (exact) mass is 236 g/mol. The lowest BCUT2D eigenvalue weighted by atomic mass is 10.1. The lowest BCUT2D eigenvalue weighted by Crippen LogP contribution is -2.35. The van der Waals surface area contributed by atoms with E-state index in [1.165, 1.54) is 6.07 Å². The summed E-state index contributed by atoms with van der Waals surface area (Å²) >= 11 is 0. The summed E-state index contributed by atoms with van der Waals surface area (Å²) in [4.78, 5) is 26.4. The summed E-state index contributed by atoms with van der Waals surface area (Å²) in [7, 11) is 0.